The normalized spacial score (nSPS) is 10.1. The fourth-order valence-electron chi connectivity index (χ4n) is 1.30. The van der Waals surface area contributed by atoms with Gasteiger partial charge < -0.3 is 4.90 Å². The summed E-state index contributed by atoms with van der Waals surface area (Å²) in [4.78, 5) is 2.25. The molecule has 0 radical (unpaired) electrons. The molecule has 0 aliphatic heterocycles. The largest absolute Gasteiger partial charge is 0.375 e. The second kappa shape index (κ2) is 5.13. The first-order chi connectivity index (χ1) is 6.27. The summed E-state index contributed by atoms with van der Waals surface area (Å²) in [5.41, 5.74) is 2.44. The molecule has 1 aromatic carbocycles. The average molecular weight is 198 g/mol. The zero-order valence-corrected chi connectivity index (χ0v) is 9.01. The summed E-state index contributed by atoms with van der Waals surface area (Å²) in [6, 6.07) is 8.39. The van der Waals surface area contributed by atoms with Crippen molar-refractivity contribution in [3.05, 3.63) is 29.8 Å². The molecule has 0 N–H and O–H groups in total. The van der Waals surface area contributed by atoms with E-state index in [0.29, 0.717) is 5.88 Å². The van der Waals surface area contributed by atoms with Crippen LogP contribution in [0.2, 0.25) is 0 Å². The minimum atomic E-state index is 0.595. The van der Waals surface area contributed by atoms with Gasteiger partial charge in [-0.1, -0.05) is 19.1 Å². The summed E-state index contributed by atoms with van der Waals surface area (Å²) >= 11 is 5.71. The number of alkyl halides is 1. The fraction of sp³-hybridized carbons (Fsp3) is 0.455. The first kappa shape index (κ1) is 10.4. The topological polar surface area (TPSA) is 3.24 Å². The van der Waals surface area contributed by atoms with Gasteiger partial charge >= 0.3 is 0 Å². The van der Waals surface area contributed by atoms with E-state index >= 15 is 0 Å². The summed E-state index contributed by atoms with van der Waals surface area (Å²) in [6.07, 6.45) is 1.17. The van der Waals surface area contributed by atoms with Crippen LogP contribution in [0.5, 0.6) is 0 Å². The number of benzene rings is 1. The maximum Gasteiger partial charge on any atom is 0.0474 e. The number of halogens is 1. The van der Waals surface area contributed by atoms with Crippen LogP contribution >= 0.6 is 11.6 Å². The van der Waals surface area contributed by atoms with Crippen molar-refractivity contribution >= 4 is 17.3 Å². The van der Waals surface area contributed by atoms with E-state index < -0.39 is 0 Å². The quantitative estimate of drug-likeness (QED) is 0.670. The minimum absolute atomic E-state index is 0.595. The second-order valence-electron chi connectivity index (χ2n) is 3.22. The zero-order valence-electron chi connectivity index (χ0n) is 8.26. The molecule has 0 saturated heterocycles. The smallest absolute Gasteiger partial charge is 0.0474 e. The highest BCUT2D eigenvalue weighted by atomic mass is 35.5. The summed E-state index contributed by atoms with van der Waals surface area (Å²) in [6.45, 7) is 3.28. The molecule has 0 fully saturated rings. The monoisotopic (exact) mass is 197 g/mol. The Bertz CT molecular complexity index is 243. The van der Waals surface area contributed by atoms with Gasteiger partial charge in [-0.05, 0) is 24.1 Å². The third kappa shape index (κ3) is 2.92. The van der Waals surface area contributed by atoms with Gasteiger partial charge in [0.2, 0.25) is 0 Å². The molecule has 2 heteroatoms. The Labute approximate surface area is 85.3 Å². The van der Waals surface area contributed by atoms with E-state index in [0.717, 1.165) is 6.54 Å². The predicted molar refractivity (Wildman–Crippen MR) is 59.6 cm³/mol. The van der Waals surface area contributed by atoms with E-state index in [4.69, 9.17) is 11.6 Å². The van der Waals surface area contributed by atoms with Crippen LogP contribution in [0.3, 0.4) is 0 Å². The van der Waals surface area contributed by atoms with E-state index in [1.54, 1.807) is 0 Å². The lowest BCUT2D eigenvalue weighted by Crippen LogP contribution is -2.17. The van der Waals surface area contributed by atoms with Crippen LogP contribution in [0.4, 0.5) is 5.69 Å². The minimum Gasteiger partial charge on any atom is -0.375 e. The molecule has 0 bridgehead atoms. The Hall–Kier alpha value is -0.690. The Morgan fingerprint density at radius 2 is 1.85 bits per heavy atom. The molecule has 0 saturated carbocycles. The molecule has 0 aromatic heterocycles. The van der Waals surface area contributed by atoms with E-state index in [1.165, 1.54) is 17.7 Å². The van der Waals surface area contributed by atoms with E-state index in [2.05, 4.69) is 43.1 Å². The lowest BCUT2D eigenvalue weighted by atomic mass is 10.2. The van der Waals surface area contributed by atoms with Crippen LogP contribution in [-0.2, 0) is 5.88 Å². The molecule has 0 spiro atoms. The molecule has 0 unspecified atom stereocenters. The highest BCUT2D eigenvalue weighted by molar-refractivity contribution is 6.17. The zero-order chi connectivity index (χ0) is 9.68. The molecule has 1 aromatic rings. The Morgan fingerprint density at radius 3 is 2.31 bits per heavy atom. The number of anilines is 1. The predicted octanol–water partition coefficient (Wildman–Crippen LogP) is 3.27. The molecule has 1 rings (SSSR count). The van der Waals surface area contributed by atoms with Crippen LogP contribution in [0.15, 0.2) is 24.3 Å². The van der Waals surface area contributed by atoms with Crippen molar-refractivity contribution in [1.29, 1.82) is 0 Å². The lowest BCUT2D eigenvalue weighted by Gasteiger charge is -2.18. The summed E-state index contributed by atoms with van der Waals surface area (Å²) in [5.74, 6) is 0.595. The average Bonchev–Trinajstić information content (AvgIpc) is 2.18. The molecule has 13 heavy (non-hydrogen) atoms. The molecule has 0 atom stereocenters. The van der Waals surface area contributed by atoms with Gasteiger partial charge in [-0.3, -0.25) is 0 Å². The SMILES string of the molecule is CCCN(C)c1ccc(CCl)cc1. The van der Waals surface area contributed by atoms with Gasteiger partial charge in [0.05, 0.1) is 0 Å². The van der Waals surface area contributed by atoms with Crippen LogP contribution in [0.25, 0.3) is 0 Å². The first-order valence-corrected chi connectivity index (χ1v) is 5.17. The van der Waals surface area contributed by atoms with Crippen molar-refractivity contribution in [2.75, 3.05) is 18.5 Å². The Kier molecular flexibility index (Phi) is 4.10. The van der Waals surface area contributed by atoms with E-state index in [1.807, 2.05) is 0 Å². The summed E-state index contributed by atoms with van der Waals surface area (Å²) in [7, 11) is 2.11. The molecule has 72 valence electrons. The van der Waals surface area contributed by atoms with Crippen molar-refractivity contribution in [3.63, 3.8) is 0 Å². The Morgan fingerprint density at radius 1 is 1.23 bits per heavy atom. The number of nitrogens with zero attached hydrogens (tertiary/aromatic N) is 1. The molecule has 0 aliphatic rings. The summed E-state index contributed by atoms with van der Waals surface area (Å²) < 4.78 is 0. The van der Waals surface area contributed by atoms with Gasteiger partial charge in [0.15, 0.2) is 0 Å². The van der Waals surface area contributed by atoms with Crippen LogP contribution in [-0.4, -0.2) is 13.6 Å². The number of hydrogen-bond acceptors (Lipinski definition) is 1. The van der Waals surface area contributed by atoms with E-state index in [9.17, 15) is 0 Å². The number of rotatable bonds is 4. The Balaban J connectivity index is 2.67. The molecular weight excluding hydrogens is 182 g/mol. The highest BCUT2D eigenvalue weighted by Gasteiger charge is 1.98. The maximum atomic E-state index is 5.71. The second-order valence-corrected chi connectivity index (χ2v) is 3.49. The standard InChI is InChI=1S/C11H16ClN/c1-3-8-13(2)11-6-4-10(9-12)5-7-11/h4-7H,3,8-9H2,1-2H3. The molecular formula is C11H16ClN. The van der Waals surface area contributed by atoms with Crippen molar-refractivity contribution < 1.29 is 0 Å². The van der Waals surface area contributed by atoms with Crippen LogP contribution in [0, 0.1) is 0 Å². The molecule has 0 aliphatic carbocycles. The van der Waals surface area contributed by atoms with Crippen LogP contribution < -0.4 is 4.90 Å². The van der Waals surface area contributed by atoms with Gasteiger partial charge in [0.25, 0.3) is 0 Å². The highest BCUT2D eigenvalue weighted by Crippen LogP contribution is 2.14. The fourth-order valence-corrected chi connectivity index (χ4v) is 1.48. The van der Waals surface area contributed by atoms with Crippen LogP contribution in [0.1, 0.15) is 18.9 Å². The molecule has 0 heterocycles. The van der Waals surface area contributed by atoms with Gasteiger partial charge in [0.1, 0.15) is 0 Å². The van der Waals surface area contributed by atoms with Crippen molar-refractivity contribution in [2.45, 2.75) is 19.2 Å². The number of hydrogen-bond donors (Lipinski definition) is 0. The van der Waals surface area contributed by atoms with Crippen molar-refractivity contribution in [2.24, 2.45) is 0 Å². The third-order valence-electron chi connectivity index (χ3n) is 2.09. The maximum absolute atomic E-state index is 5.71. The van der Waals surface area contributed by atoms with Gasteiger partial charge in [0, 0.05) is 25.2 Å². The lowest BCUT2D eigenvalue weighted by molar-refractivity contribution is 0.852. The van der Waals surface area contributed by atoms with Gasteiger partial charge in [-0.25, -0.2) is 0 Å². The molecule has 0 amide bonds. The summed E-state index contributed by atoms with van der Waals surface area (Å²) in [5, 5.41) is 0. The van der Waals surface area contributed by atoms with Crippen molar-refractivity contribution in [1.82, 2.24) is 0 Å². The molecule has 1 nitrogen and oxygen atoms in total. The van der Waals surface area contributed by atoms with Gasteiger partial charge in [-0.15, -0.1) is 11.6 Å². The van der Waals surface area contributed by atoms with E-state index in [-0.39, 0.29) is 0 Å². The van der Waals surface area contributed by atoms with Gasteiger partial charge in [-0.2, -0.15) is 0 Å². The third-order valence-corrected chi connectivity index (χ3v) is 2.40. The van der Waals surface area contributed by atoms with Crippen molar-refractivity contribution in [3.8, 4) is 0 Å². The first-order valence-electron chi connectivity index (χ1n) is 4.64.